The molecule has 0 amide bonds. The molecule has 5 heteroatoms. The molecule has 2 aromatic rings. The summed E-state index contributed by atoms with van der Waals surface area (Å²) < 4.78 is 28.1. The van der Waals surface area contributed by atoms with E-state index in [1.54, 1.807) is 18.2 Å². The van der Waals surface area contributed by atoms with Gasteiger partial charge in [0.1, 0.15) is 17.8 Å². The predicted molar refractivity (Wildman–Crippen MR) is 84.3 cm³/mol. The third-order valence-electron chi connectivity index (χ3n) is 3.20. The Balaban J connectivity index is 2.35. The summed E-state index contributed by atoms with van der Waals surface area (Å²) in [5, 5.41) is 0. The monoisotopic (exact) mass is 316 g/mol. The lowest BCUT2D eigenvalue weighted by atomic mass is 10.0. The summed E-state index contributed by atoms with van der Waals surface area (Å²) in [7, 11) is 2.67. The van der Waals surface area contributed by atoms with E-state index in [0.717, 1.165) is 16.7 Å². The highest BCUT2D eigenvalue weighted by Gasteiger charge is 2.15. The highest BCUT2D eigenvalue weighted by molar-refractivity contribution is 5.86. The first-order valence-corrected chi connectivity index (χ1v) is 6.91. The van der Waals surface area contributed by atoms with Crippen LogP contribution in [-0.2, 0) is 14.3 Å². The zero-order chi connectivity index (χ0) is 16.8. The molecule has 0 spiro atoms. The maximum atomic E-state index is 13.0. The Morgan fingerprint density at radius 2 is 1.70 bits per heavy atom. The molecule has 0 fully saturated rings. The first-order valence-electron chi connectivity index (χ1n) is 6.91. The molecule has 2 rings (SSSR count). The Morgan fingerprint density at radius 1 is 1.04 bits per heavy atom. The average Bonchev–Trinajstić information content (AvgIpc) is 2.56. The summed E-state index contributed by atoms with van der Waals surface area (Å²) in [5.41, 5.74) is 2.51. The minimum absolute atomic E-state index is 0.0608. The summed E-state index contributed by atoms with van der Waals surface area (Å²) in [4.78, 5) is 11.7. The van der Waals surface area contributed by atoms with Crippen molar-refractivity contribution in [3.05, 3.63) is 65.9 Å². The Bertz CT molecular complexity index is 720. The van der Waals surface area contributed by atoms with Crippen molar-refractivity contribution in [2.45, 2.75) is 6.92 Å². The number of rotatable bonds is 5. The molecular formula is C18H17FO4. The quantitative estimate of drug-likeness (QED) is 0.477. The van der Waals surface area contributed by atoms with E-state index in [9.17, 15) is 9.18 Å². The molecule has 2 aromatic carbocycles. The number of hydrogen-bond donors (Lipinski definition) is 0. The van der Waals surface area contributed by atoms with E-state index < -0.39 is 5.97 Å². The van der Waals surface area contributed by atoms with E-state index >= 15 is 0 Å². The van der Waals surface area contributed by atoms with Crippen molar-refractivity contribution in [2.24, 2.45) is 0 Å². The Labute approximate surface area is 134 Å². The van der Waals surface area contributed by atoms with Gasteiger partial charge in [-0.3, -0.25) is 0 Å². The Hall–Kier alpha value is -2.82. The van der Waals surface area contributed by atoms with E-state index in [1.165, 1.54) is 32.6 Å². The molecule has 0 aliphatic carbocycles. The molecule has 4 nitrogen and oxygen atoms in total. The normalized spacial score (nSPS) is 11.0. The lowest BCUT2D eigenvalue weighted by Gasteiger charge is -2.12. The molecule has 0 bridgehead atoms. The van der Waals surface area contributed by atoms with Crippen LogP contribution < -0.4 is 4.74 Å². The number of carbonyl (C=O) groups excluding carboxylic acids is 1. The van der Waals surface area contributed by atoms with Gasteiger partial charge in [0.2, 0.25) is 5.76 Å². The van der Waals surface area contributed by atoms with Gasteiger partial charge >= 0.3 is 5.97 Å². The van der Waals surface area contributed by atoms with Crippen molar-refractivity contribution in [1.82, 2.24) is 0 Å². The highest BCUT2D eigenvalue weighted by Crippen LogP contribution is 2.28. The van der Waals surface area contributed by atoms with Crippen molar-refractivity contribution in [2.75, 3.05) is 14.2 Å². The van der Waals surface area contributed by atoms with Crippen LogP contribution in [0.15, 0.2) is 54.5 Å². The largest absolute Gasteiger partial charge is 0.500 e. The summed E-state index contributed by atoms with van der Waals surface area (Å²) in [6.07, 6.45) is 1.18. The highest BCUT2D eigenvalue weighted by atomic mass is 19.1. The van der Waals surface area contributed by atoms with Crippen LogP contribution >= 0.6 is 0 Å². The van der Waals surface area contributed by atoms with E-state index in [-0.39, 0.29) is 11.6 Å². The first-order chi connectivity index (χ1) is 11.0. The van der Waals surface area contributed by atoms with Crippen LogP contribution in [-0.4, -0.2) is 20.2 Å². The van der Waals surface area contributed by atoms with Crippen LogP contribution in [0.1, 0.15) is 5.56 Å². The number of methoxy groups -OCH3 is 2. The molecule has 0 saturated heterocycles. The van der Waals surface area contributed by atoms with Gasteiger partial charge < -0.3 is 14.2 Å². The van der Waals surface area contributed by atoms with Gasteiger partial charge in [0.05, 0.1) is 14.2 Å². The van der Waals surface area contributed by atoms with Crippen molar-refractivity contribution in [3.63, 3.8) is 0 Å². The summed E-state index contributed by atoms with van der Waals surface area (Å²) in [5.74, 6) is -0.512. The standard InChI is InChI=1S/C18H17FO4/c1-12-4-5-14(13-6-8-15(19)9-7-13)10-16(12)23-17(11-21-2)18(20)22-3/h4-11H,1-3H3. The third kappa shape index (κ3) is 4.10. The lowest BCUT2D eigenvalue weighted by Crippen LogP contribution is -2.11. The smallest absolute Gasteiger partial charge is 0.377 e. The van der Waals surface area contributed by atoms with Gasteiger partial charge in [-0.1, -0.05) is 24.3 Å². The maximum absolute atomic E-state index is 13.0. The number of ether oxygens (including phenoxy) is 3. The molecule has 0 saturated carbocycles. The van der Waals surface area contributed by atoms with Crippen molar-refractivity contribution >= 4 is 5.97 Å². The van der Waals surface area contributed by atoms with Gasteiger partial charge in [0.15, 0.2) is 0 Å². The average molecular weight is 316 g/mol. The Morgan fingerprint density at radius 3 is 2.30 bits per heavy atom. The van der Waals surface area contributed by atoms with Gasteiger partial charge in [0.25, 0.3) is 0 Å². The number of halogens is 1. The number of hydrogen-bond acceptors (Lipinski definition) is 4. The zero-order valence-electron chi connectivity index (χ0n) is 13.1. The fraction of sp³-hybridized carbons (Fsp3) is 0.167. The fourth-order valence-corrected chi connectivity index (χ4v) is 1.97. The molecule has 0 unspecified atom stereocenters. The van der Waals surface area contributed by atoms with Gasteiger partial charge in [-0.15, -0.1) is 0 Å². The van der Waals surface area contributed by atoms with E-state index in [2.05, 4.69) is 4.74 Å². The van der Waals surface area contributed by atoms with Crippen LogP contribution in [0.4, 0.5) is 4.39 Å². The zero-order valence-corrected chi connectivity index (χ0v) is 13.1. The second kappa shape index (κ2) is 7.45. The molecule has 120 valence electrons. The minimum atomic E-state index is -0.640. The van der Waals surface area contributed by atoms with Crippen LogP contribution in [0.5, 0.6) is 5.75 Å². The summed E-state index contributed by atoms with van der Waals surface area (Å²) in [6.45, 7) is 1.85. The molecule has 0 heterocycles. The third-order valence-corrected chi connectivity index (χ3v) is 3.20. The fourth-order valence-electron chi connectivity index (χ4n) is 1.97. The molecule has 0 aromatic heterocycles. The van der Waals surface area contributed by atoms with Gasteiger partial charge in [-0.25, -0.2) is 9.18 Å². The summed E-state index contributed by atoms with van der Waals surface area (Å²) >= 11 is 0. The van der Waals surface area contributed by atoms with Crippen LogP contribution in [0.2, 0.25) is 0 Å². The van der Waals surface area contributed by atoms with E-state index in [4.69, 9.17) is 9.47 Å². The molecule has 0 N–H and O–H groups in total. The molecule has 0 radical (unpaired) electrons. The van der Waals surface area contributed by atoms with Crippen molar-refractivity contribution in [1.29, 1.82) is 0 Å². The second-order valence-corrected chi connectivity index (χ2v) is 4.80. The molecule has 0 aliphatic rings. The van der Waals surface area contributed by atoms with E-state index in [0.29, 0.717) is 5.75 Å². The molecular weight excluding hydrogens is 299 g/mol. The minimum Gasteiger partial charge on any atom is -0.500 e. The van der Waals surface area contributed by atoms with Crippen LogP contribution in [0.3, 0.4) is 0 Å². The number of benzene rings is 2. The Kier molecular flexibility index (Phi) is 5.36. The van der Waals surface area contributed by atoms with Crippen molar-refractivity contribution in [3.8, 4) is 16.9 Å². The number of aryl methyl sites for hydroxylation is 1. The van der Waals surface area contributed by atoms with Gasteiger partial charge in [-0.2, -0.15) is 0 Å². The number of esters is 1. The van der Waals surface area contributed by atoms with Gasteiger partial charge in [-0.05, 0) is 41.8 Å². The van der Waals surface area contributed by atoms with Gasteiger partial charge in [0, 0.05) is 0 Å². The lowest BCUT2D eigenvalue weighted by molar-refractivity contribution is -0.138. The molecule has 0 aliphatic heterocycles. The maximum Gasteiger partial charge on any atom is 0.377 e. The first kappa shape index (κ1) is 16.5. The predicted octanol–water partition coefficient (Wildman–Crippen LogP) is 3.84. The van der Waals surface area contributed by atoms with Crippen LogP contribution in [0, 0.1) is 12.7 Å². The summed E-state index contributed by atoms with van der Waals surface area (Å²) in [6, 6.07) is 11.7. The topological polar surface area (TPSA) is 44.8 Å². The number of carbonyl (C=O) groups is 1. The van der Waals surface area contributed by atoms with Crippen LogP contribution in [0.25, 0.3) is 11.1 Å². The van der Waals surface area contributed by atoms with E-state index in [1.807, 2.05) is 19.1 Å². The molecule has 0 atom stereocenters. The second-order valence-electron chi connectivity index (χ2n) is 4.80. The van der Waals surface area contributed by atoms with Crippen molar-refractivity contribution < 1.29 is 23.4 Å². The molecule has 23 heavy (non-hydrogen) atoms. The SMILES string of the molecule is COC=C(Oc1cc(-c2ccc(F)cc2)ccc1C)C(=O)OC.